The lowest BCUT2D eigenvalue weighted by Gasteiger charge is -2.34. The number of carbonyl (C=O) groups is 1. The Bertz CT molecular complexity index is 247. The van der Waals surface area contributed by atoms with Crippen molar-refractivity contribution in [1.29, 1.82) is 0 Å². The average Bonchev–Trinajstić information content (AvgIpc) is 2.17. The Kier molecular flexibility index (Phi) is 2.36. The highest BCUT2D eigenvalue weighted by Crippen LogP contribution is 2.28. The van der Waals surface area contributed by atoms with Gasteiger partial charge in [0.1, 0.15) is 0 Å². The van der Waals surface area contributed by atoms with Crippen LogP contribution in [0.25, 0.3) is 0 Å². The standard InChI is InChI=1S/C10H15NO2/c12-10(13)8-5-7-3-1-2-4-9(7)11-6-8/h5,7,9,11H,1-4,6H2,(H,12,13). The van der Waals surface area contributed by atoms with Gasteiger partial charge < -0.3 is 10.4 Å². The molecular weight excluding hydrogens is 166 g/mol. The Morgan fingerprint density at radius 1 is 1.46 bits per heavy atom. The van der Waals surface area contributed by atoms with E-state index in [4.69, 9.17) is 5.11 Å². The molecule has 1 aliphatic carbocycles. The molecule has 1 fully saturated rings. The zero-order valence-electron chi connectivity index (χ0n) is 7.62. The smallest absolute Gasteiger partial charge is 0.332 e. The first-order chi connectivity index (χ1) is 6.27. The molecule has 0 bridgehead atoms. The molecule has 3 heteroatoms. The van der Waals surface area contributed by atoms with Crippen LogP contribution in [0, 0.1) is 5.92 Å². The van der Waals surface area contributed by atoms with Crippen LogP contribution in [0.4, 0.5) is 0 Å². The minimum Gasteiger partial charge on any atom is -0.478 e. The Morgan fingerprint density at radius 3 is 3.00 bits per heavy atom. The number of fused-ring (bicyclic) bond motifs is 1. The highest BCUT2D eigenvalue weighted by molar-refractivity contribution is 5.87. The first-order valence-electron chi connectivity index (χ1n) is 4.95. The van der Waals surface area contributed by atoms with Crippen molar-refractivity contribution >= 4 is 5.97 Å². The Morgan fingerprint density at radius 2 is 2.23 bits per heavy atom. The fraction of sp³-hybridized carbons (Fsp3) is 0.700. The van der Waals surface area contributed by atoms with E-state index in [0.29, 0.717) is 24.1 Å². The molecule has 0 aromatic heterocycles. The van der Waals surface area contributed by atoms with Gasteiger partial charge in [0.25, 0.3) is 0 Å². The fourth-order valence-electron chi connectivity index (χ4n) is 2.32. The van der Waals surface area contributed by atoms with Gasteiger partial charge in [-0.3, -0.25) is 0 Å². The summed E-state index contributed by atoms with van der Waals surface area (Å²) in [6.45, 7) is 0.538. The van der Waals surface area contributed by atoms with E-state index in [1.54, 1.807) is 0 Å². The summed E-state index contributed by atoms with van der Waals surface area (Å²) in [6.07, 6.45) is 6.84. The third-order valence-corrected chi connectivity index (χ3v) is 3.06. The summed E-state index contributed by atoms with van der Waals surface area (Å²) in [5, 5.41) is 12.1. The minimum absolute atomic E-state index is 0.466. The predicted molar refractivity (Wildman–Crippen MR) is 49.5 cm³/mol. The maximum atomic E-state index is 10.7. The number of aliphatic carboxylic acids is 1. The summed E-state index contributed by atoms with van der Waals surface area (Å²) in [5.74, 6) is -0.301. The largest absolute Gasteiger partial charge is 0.478 e. The van der Waals surface area contributed by atoms with Gasteiger partial charge in [-0.05, 0) is 18.8 Å². The Hall–Kier alpha value is -0.830. The zero-order chi connectivity index (χ0) is 9.26. The summed E-state index contributed by atoms with van der Waals surface area (Å²) < 4.78 is 0. The van der Waals surface area contributed by atoms with Crippen molar-refractivity contribution in [3.63, 3.8) is 0 Å². The first-order valence-corrected chi connectivity index (χ1v) is 4.95. The maximum Gasteiger partial charge on any atom is 0.332 e. The maximum absolute atomic E-state index is 10.7. The van der Waals surface area contributed by atoms with Crippen LogP contribution in [0.3, 0.4) is 0 Å². The van der Waals surface area contributed by atoms with Gasteiger partial charge in [-0.25, -0.2) is 4.79 Å². The van der Waals surface area contributed by atoms with E-state index in [2.05, 4.69) is 5.32 Å². The second-order valence-electron chi connectivity index (χ2n) is 3.93. The van der Waals surface area contributed by atoms with Crippen LogP contribution < -0.4 is 5.32 Å². The number of carboxylic acids is 1. The van der Waals surface area contributed by atoms with Gasteiger partial charge in [-0.1, -0.05) is 18.9 Å². The number of nitrogens with one attached hydrogen (secondary N) is 1. The Balaban J connectivity index is 2.11. The summed E-state index contributed by atoms with van der Waals surface area (Å²) in [5.41, 5.74) is 0.545. The third kappa shape index (κ3) is 1.75. The normalized spacial score (nSPS) is 33.4. The lowest BCUT2D eigenvalue weighted by atomic mass is 9.81. The SMILES string of the molecule is O=C(O)C1=CC2CCCCC2NC1. The van der Waals surface area contributed by atoms with Gasteiger partial charge in [-0.15, -0.1) is 0 Å². The molecule has 0 spiro atoms. The topological polar surface area (TPSA) is 49.3 Å². The highest BCUT2D eigenvalue weighted by atomic mass is 16.4. The zero-order valence-corrected chi connectivity index (χ0v) is 7.62. The highest BCUT2D eigenvalue weighted by Gasteiger charge is 2.28. The fourth-order valence-corrected chi connectivity index (χ4v) is 2.32. The van der Waals surface area contributed by atoms with Gasteiger partial charge in [0.2, 0.25) is 0 Å². The lowest BCUT2D eigenvalue weighted by molar-refractivity contribution is -0.132. The van der Waals surface area contributed by atoms with Crippen LogP contribution in [-0.2, 0) is 4.79 Å². The molecule has 72 valence electrons. The van der Waals surface area contributed by atoms with E-state index >= 15 is 0 Å². The van der Waals surface area contributed by atoms with Crippen LogP contribution in [0.5, 0.6) is 0 Å². The van der Waals surface area contributed by atoms with Crippen molar-refractivity contribution in [2.75, 3.05) is 6.54 Å². The second kappa shape index (κ2) is 3.50. The predicted octanol–water partition coefficient (Wildman–Crippen LogP) is 1.16. The molecule has 3 nitrogen and oxygen atoms in total. The quantitative estimate of drug-likeness (QED) is 0.638. The summed E-state index contributed by atoms with van der Waals surface area (Å²) >= 11 is 0. The number of rotatable bonds is 1. The molecule has 1 heterocycles. The summed E-state index contributed by atoms with van der Waals surface area (Å²) in [7, 11) is 0. The van der Waals surface area contributed by atoms with E-state index in [9.17, 15) is 4.79 Å². The van der Waals surface area contributed by atoms with Crippen molar-refractivity contribution in [3.8, 4) is 0 Å². The van der Waals surface area contributed by atoms with Crippen molar-refractivity contribution in [2.24, 2.45) is 5.92 Å². The van der Waals surface area contributed by atoms with Gasteiger partial charge in [0.05, 0.1) is 0 Å². The minimum atomic E-state index is -0.767. The van der Waals surface area contributed by atoms with Crippen molar-refractivity contribution < 1.29 is 9.90 Å². The molecule has 0 amide bonds. The number of hydrogen-bond donors (Lipinski definition) is 2. The van der Waals surface area contributed by atoms with Crippen LogP contribution >= 0.6 is 0 Å². The van der Waals surface area contributed by atoms with E-state index in [1.165, 1.54) is 19.3 Å². The van der Waals surface area contributed by atoms with E-state index in [-0.39, 0.29) is 0 Å². The van der Waals surface area contributed by atoms with E-state index in [0.717, 1.165) is 6.42 Å². The van der Waals surface area contributed by atoms with E-state index in [1.807, 2.05) is 6.08 Å². The average molecular weight is 181 g/mol. The molecule has 2 aliphatic rings. The molecule has 2 atom stereocenters. The molecule has 0 saturated heterocycles. The molecule has 13 heavy (non-hydrogen) atoms. The molecule has 0 aromatic carbocycles. The molecule has 1 aliphatic heterocycles. The van der Waals surface area contributed by atoms with Crippen LogP contribution in [-0.4, -0.2) is 23.7 Å². The monoisotopic (exact) mass is 181 g/mol. The van der Waals surface area contributed by atoms with Crippen LogP contribution in [0.15, 0.2) is 11.6 Å². The van der Waals surface area contributed by atoms with Crippen LogP contribution in [0.2, 0.25) is 0 Å². The van der Waals surface area contributed by atoms with Crippen molar-refractivity contribution in [3.05, 3.63) is 11.6 Å². The second-order valence-corrected chi connectivity index (χ2v) is 3.93. The lowest BCUT2D eigenvalue weighted by Crippen LogP contribution is -2.43. The Labute approximate surface area is 77.8 Å². The molecule has 2 unspecified atom stereocenters. The number of hydrogen-bond acceptors (Lipinski definition) is 2. The molecule has 0 aromatic rings. The van der Waals surface area contributed by atoms with E-state index < -0.39 is 5.97 Å². The molecule has 2 N–H and O–H groups in total. The molecule has 0 radical (unpaired) electrons. The molecular formula is C10H15NO2. The summed E-state index contributed by atoms with van der Waals surface area (Å²) in [6, 6.07) is 0.539. The third-order valence-electron chi connectivity index (χ3n) is 3.06. The van der Waals surface area contributed by atoms with Crippen molar-refractivity contribution in [2.45, 2.75) is 31.7 Å². The first kappa shape index (κ1) is 8.75. The van der Waals surface area contributed by atoms with Gasteiger partial charge in [-0.2, -0.15) is 0 Å². The van der Waals surface area contributed by atoms with Gasteiger partial charge >= 0.3 is 5.97 Å². The number of carboxylic acid groups (broad SMARTS) is 1. The summed E-state index contributed by atoms with van der Waals surface area (Å²) in [4.78, 5) is 10.7. The van der Waals surface area contributed by atoms with Crippen LogP contribution in [0.1, 0.15) is 25.7 Å². The van der Waals surface area contributed by atoms with Gasteiger partial charge in [0.15, 0.2) is 0 Å². The van der Waals surface area contributed by atoms with Gasteiger partial charge in [0, 0.05) is 18.2 Å². The van der Waals surface area contributed by atoms with Crippen molar-refractivity contribution in [1.82, 2.24) is 5.32 Å². The molecule has 2 rings (SSSR count). The molecule has 1 saturated carbocycles.